The number of hydrogen-bond donors (Lipinski definition) is 1. The number of pyridine rings is 1. The van der Waals surface area contributed by atoms with Crippen molar-refractivity contribution in [2.75, 3.05) is 33.3 Å². The zero-order chi connectivity index (χ0) is 18.7. The van der Waals surface area contributed by atoms with Crippen LogP contribution >= 0.6 is 0 Å². The lowest BCUT2D eigenvalue weighted by Crippen LogP contribution is -2.60. The maximum absolute atomic E-state index is 12.8. The number of carbonyl (C=O) groups excluding carboxylic acids is 1. The number of morpholine rings is 1. The summed E-state index contributed by atoms with van der Waals surface area (Å²) in [5.41, 5.74) is 2.47. The average molecular weight is 365 g/mol. The number of aromatic nitrogens is 1. The van der Waals surface area contributed by atoms with Gasteiger partial charge in [-0.2, -0.15) is 0 Å². The van der Waals surface area contributed by atoms with Crippen LogP contribution in [0.3, 0.4) is 0 Å². The first kappa shape index (κ1) is 18.1. The Hall–Kier alpha value is -2.24. The second-order valence-electron chi connectivity index (χ2n) is 7.72. The van der Waals surface area contributed by atoms with Gasteiger partial charge in [0.2, 0.25) is 0 Å². The van der Waals surface area contributed by atoms with Crippen LogP contribution in [0.25, 0.3) is 11.1 Å². The van der Waals surface area contributed by atoms with E-state index >= 15 is 0 Å². The molecule has 2 fully saturated rings. The predicted molar refractivity (Wildman–Crippen MR) is 105 cm³/mol. The van der Waals surface area contributed by atoms with Crippen LogP contribution in [-0.2, 0) is 16.0 Å². The number of hydrogen-bond acceptors (Lipinski definition) is 4. The summed E-state index contributed by atoms with van der Waals surface area (Å²) in [5, 5.41) is 2.83. The fourth-order valence-corrected chi connectivity index (χ4v) is 3.95. The minimum absolute atomic E-state index is 0.0326. The summed E-state index contributed by atoms with van der Waals surface area (Å²) in [6, 6.07) is 12.3. The molecule has 2 heterocycles. The zero-order valence-electron chi connectivity index (χ0n) is 15.9. The minimum atomic E-state index is -0.824. The van der Waals surface area contributed by atoms with Crippen LogP contribution in [0.5, 0.6) is 0 Å². The molecular formula is C22H27N3O2. The van der Waals surface area contributed by atoms with Crippen LogP contribution < -0.4 is 5.32 Å². The summed E-state index contributed by atoms with van der Waals surface area (Å²) in [6.45, 7) is 3.24. The minimum Gasteiger partial charge on any atom is -0.362 e. The number of ether oxygens (including phenoxy) is 1. The molecule has 4 rings (SSSR count). The van der Waals surface area contributed by atoms with E-state index in [2.05, 4.69) is 39.5 Å². The van der Waals surface area contributed by atoms with Crippen molar-refractivity contribution in [3.8, 4) is 11.1 Å². The van der Waals surface area contributed by atoms with Gasteiger partial charge in [-0.3, -0.25) is 14.7 Å². The average Bonchev–Trinajstić information content (AvgIpc) is 3.52. The van der Waals surface area contributed by atoms with Crippen LogP contribution in [0.2, 0.25) is 0 Å². The fraction of sp³-hybridized carbons (Fsp3) is 0.455. The molecule has 2 aliphatic rings. The van der Waals surface area contributed by atoms with E-state index in [1.165, 1.54) is 12.8 Å². The Morgan fingerprint density at radius 1 is 1.30 bits per heavy atom. The first-order valence-corrected chi connectivity index (χ1v) is 9.76. The molecule has 1 aliphatic heterocycles. The summed E-state index contributed by atoms with van der Waals surface area (Å²) in [5.74, 6) is 0.772. The highest BCUT2D eigenvalue weighted by atomic mass is 16.5. The monoisotopic (exact) mass is 365 g/mol. The van der Waals surface area contributed by atoms with Crippen LogP contribution in [0, 0.1) is 5.92 Å². The zero-order valence-corrected chi connectivity index (χ0v) is 15.9. The molecule has 142 valence electrons. The third-order valence-corrected chi connectivity index (χ3v) is 5.53. The third kappa shape index (κ3) is 4.20. The van der Waals surface area contributed by atoms with Gasteiger partial charge in [0.15, 0.2) is 5.60 Å². The first-order valence-electron chi connectivity index (χ1n) is 9.76. The molecule has 0 unspecified atom stereocenters. The second kappa shape index (κ2) is 7.79. The maximum Gasteiger partial charge on any atom is 0.253 e. The van der Waals surface area contributed by atoms with Gasteiger partial charge in [0, 0.05) is 45.5 Å². The van der Waals surface area contributed by atoms with Crippen LogP contribution in [-0.4, -0.2) is 54.7 Å². The van der Waals surface area contributed by atoms with E-state index in [-0.39, 0.29) is 5.91 Å². The van der Waals surface area contributed by atoms with E-state index in [1.807, 2.05) is 18.3 Å². The van der Waals surface area contributed by atoms with Crippen molar-refractivity contribution in [2.45, 2.75) is 24.9 Å². The smallest absolute Gasteiger partial charge is 0.253 e. The first-order chi connectivity index (χ1) is 13.2. The molecule has 1 saturated carbocycles. The van der Waals surface area contributed by atoms with Gasteiger partial charge in [-0.25, -0.2) is 0 Å². The lowest BCUT2D eigenvalue weighted by molar-refractivity contribution is -0.159. The number of carbonyl (C=O) groups is 1. The third-order valence-electron chi connectivity index (χ3n) is 5.53. The lowest BCUT2D eigenvalue weighted by Gasteiger charge is -2.41. The van der Waals surface area contributed by atoms with Gasteiger partial charge in [-0.05, 0) is 41.5 Å². The highest BCUT2D eigenvalue weighted by Crippen LogP contribution is 2.32. The molecule has 1 aromatic carbocycles. The van der Waals surface area contributed by atoms with E-state index in [0.29, 0.717) is 19.6 Å². The van der Waals surface area contributed by atoms with Crippen molar-refractivity contribution in [2.24, 2.45) is 5.92 Å². The molecule has 1 saturated heterocycles. The molecule has 1 aliphatic carbocycles. The molecular weight excluding hydrogens is 338 g/mol. The van der Waals surface area contributed by atoms with E-state index in [9.17, 15) is 4.79 Å². The number of benzene rings is 1. The normalized spacial score (nSPS) is 23.1. The van der Waals surface area contributed by atoms with Crippen molar-refractivity contribution in [3.05, 3.63) is 54.4 Å². The van der Waals surface area contributed by atoms with Crippen molar-refractivity contribution in [3.63, 3.8) is 0 Å². The predicted octanol–water partition coefficient (Wildman–Crippen LogP) is 2.52. The fourth-order valence-electron chi connectivity index (χ4n) is 3.95. The van der Waals surface area contributed by atoms with Crippen LogP contribution in [0.1, 0.15) is 18.4 Å². The van der Waals surface area contributed by atoms with Crippen molar-refractivity contribution in [1.29, 1.82) is 0 Å². The Labute approximate surface area is 160 Å². The highest BCUT2D eigenvalue weighted by Gasteiger charge is 2.44. The Morgan fingerprint density at radius 2 is 2.15 bits per heavy atom. The Balaban J connectivity index is 1.57. The quantitative estimate of drug-likeness (QED) is 0.855. The molecule has 1 aromatic heterocycles. The van der Waals surface area contributed by atoms with Crippen molar-refractivity contribution in [1.82, 2.24) is 15.2 Å². The summed E-state index contributed by atoms with van der Waals surface area (Å²) in [7, 11) is 1.69. The van der Waals surface area contributed by atoms with E-state index < -0.39 is 5.60 Å². The molecule has 5 heteroatoms. The number of nitrogens with one attached hydrogen (secondary N) is 1. The van der Waals surface area contributed by atoms with Gasteiger partial charge < -0.3 is 10.1 Å². The Morgan fingerprint density at radius 3 is 2.89 bits per heavy atom. The summed E-state index contributed by atoms with van der Waals surface area (Å²) in [6.07, 6.45) is 6.84. The Kier molecular flexibility index (Phi) is 5.23. The maximum atomic E-state index is 12.8. The molecule has 5 nitrogen and oxygen atoms in total. The van der Waals surface area contributed by atoms with E-state index in [0.717, 1.165) is 35.7 Å². The topological polar surface area (TPSA) is 54.5 Å². The van der Waals surface area contributed by atoms with Gasteiger partial charge in [0.1, 0.15) is 0 Å². The number of rotatable bonds is 6. The molecule has 2 aromatic rings. The molecule has 1 N–H and O–H groups in total. The molecule has 27 heavy (non-hydrogen) atoms. The highest BCUT2D eigenvalue weighted by molar-refractivity contribution is 5.86. The van der Waals surface area contributed by atoms with Gasteiger partial charge in [0.25, 0.3) is 5.91 Å². The van der Waals surface area contributed by atoms with E-state index in [4.69, 9.17) is 4.74 Å². The van der Waals surface area contributed by atoms with Gasteiger partial charge >= 0.3 is 0 Å². The van der Waals surface area contributed by atoms with Crippen LogP contribution in [0.4, 0.5) is 0 Å². The molecule has 0 bridgehead atoms. The van der Waals surface area contributed by atoms with E-state index in [1.54, 1.807) is 13.2 Å². The van der Waals surface area contributed by atoms with Crippen LogP contribution in [0.15, 0.2) is 48.8 Å². The number of likely N-dealkylation sites (N-methyl/N-ethyl adjacent to an activating group) is 1. The lowest BCUT2D eigenvalue weighted by atomic mass is 9.90. The molecule has 0 radical (unpaired) electrons. The second-order valence-corrected chi connectivity index (χ2v) is 7.72. The van der Waals surface area contributed by atoms with Crippen molar-refractivity contribution >= 4 is 5.91 Å². The summed E-state index contributed by atoms with van der Waals surface area (Å²) < 4.78 is 6.13. The standard InChI is InChI=1S/C22H27N3O2/c1-23-21(26)22(16-25(10-11-27-22)15-17-7-8-17)13-18-4-2-5-19(12-18)20-6-3-9-24-14-20/h2-6,9,12,14,17H,7-8,10-11,13,15-16H2,1H3,(H,23,26)/t22-/m0/s1. The van der Waals surface area contributed by atoms with Gasteiger partial charge in [-0.1, -0.05) is 30.3 Å². The number of nitrogens with zero attached hydrogens (tertiary/aromatic N) is 2. The Bertz CT molecular complexity index is 791. The molecule has 1 amide bonds. The van der Waals surface area contributed by atoms with Gasteiger partial charge in [-0.15, -0.1) is 0 Å². The summed E-state index contributed by atoms with van der Waals surface area (Å²) in [4.78, 5) is 19.4. The van der Waals surface area contributed by atoms with Crippen molar-refractivity contribution < 1.29 is 9.53 Å². The summed E-state index contributed by atoms with van der Waals surface area (Å²) >= 11 is 0. The SMILES string of the molecule is CNC(=O)[C@]1(Cc2cccc(-c3cccnc3)c2)CN(CC2CC2)CCO1. The molecule has 0 spiro atoms. The largest absolute Gasteiger partial charge is 0.362 e. The van der Waals surface area contributed by atoms with Gasteiger partial charge in [0.05, 0.1) is 6.61 Å². The molecule has 1 atom stereocenters. The number of amides is 1.